The van der Waals surface area contributed by atoms with Crippen molar-refractivity contribution >= 4 is 5.91 Å². The summed E-state index contributed by atoms with van der Waals surface area (Å²) in [6.45, 7) is 0.302. The molecule has 6 heteroatoms. The molecule has 2 aliphatic rings. The molecule has 0 radical (unpaired) electrons. The minimum absolute atomic E-state index is 0.0388. The molecule has 4 atom stereocenters. The summed E-state index contributed by atoms with van der Waals surface area (Å²) in [6, 6.07) is 14.4. The molecule has 1 saturated carbocycles. The van der Waals surface area contributed by atoms with Gasteiger partial charge in [0, 0.05) is 5.92 Å². The van der Waals surface area contributed by atoms with Crippen LogP contribution >= 0.6 is 0 Å². The van der Waals surface area contributed by atoms with E-state index in [1.54, 1.807) is 12.1 Å². The molecule has 2 aromatic carbocycles. The first-order valence-electron chi connectivity index (χ1n) is 9.07. The molecule has 27 heavy (non-hydrogen) atoms. The Hall–Kier alpha value is -2.44. The fourth-order valence-corrected chi connectivity index (χ4v) is 3.81. The lowest BCUT2D eigenvalue weighted by molar-refractivity contribution is -0.166. The van der Waals surface area contributed by atoms with Crippen LogP contribution in [0.1, 0.15) is 23.5 Å². The van der Waals surface area contributed by atoms with E-state index in [9.17, 15) is 14.3 Å². The van der Waals surface area contributed by atoms with Gasteiger partial charge in [0.15, 0.2) is 11.6 Å². The SMILES string of the molecule is COc1ccc(C2CC2C(=O)N2C(Cc3ccccc3)CO[C@H]2O)cc1F. The summed E-state index contributed by atoms with van der Waals surface area (Å²) >= 11 is 0. The zero-order valence-corrected chi connectivity index (χ0v) is 15.0. The minimum Gasteiger partial charge on any atom is -0.494 e. The maximum absolute atomic E-state index is 14.0. The van der Waals surface area contributed by atoms with Crippen LogP contribution in [-0.2, 0) is 16.0 Å². The van der Waals surface area contributed by atoms with Crippen molar-refractivity contribution < 1.29 is 23.8 Å². The molecule has 142 valence electrons. The summed E-state index contributed by atoms with van der Waals surface area (Å²) in [4.78, 5) is 14.4. The van der Waals surface area contributed by atoms with E-state index in [0.717, 1.165) is 11.1 Å². The summed E-state index contributed by atoms with van der Waals surface area (Å²) < 4.78 is 24.2. The quantitative estimate of drug-likeness (QED) is 0.878. The molecule has 1 aliphatic carbocycles. The summed E-state index contributed by atoms with van der Waals surface area (Å²) in [5.41, 5.74) is 1.86. The monoisotopic (exact) mass is 371 g/mol. The Balaban J connectivity index is 1.46. The molecule has 1 N–H and O–H groups in total. The van der Waals surface area contributed by atoms with Crippen LogP contribution in [0.5, 0.6) is 5.75 Å². The molecule has 1 heterocycles. The van der Waals surface area contributed by atoms with Crippen LogP contribution in [-0.4, -0.2) is 42.1 Å². The van der Waals surface area contributed by atoms with E-state index in [-0.39, 0.29) is 29.5 Å². The number of methoxy groups -OCH3 is 1. The highest BCUT2D eigenvalue weighted by molar-refractivity contribution is 5.83. The number of benzene rings is 2. The van der Waals surface area contributed by atoms with Crippen molar-refractivity contribution in [2.45, 2.75) is 31.2 Å². The Morgan fingerprint density at radius 3 is 2.78 bits per heavy atom. The highest BCUT2D eigenvalue weighted by atomic mass is 19.1. The van der Waals surface area contributed by atoms with Crippen LogP contribution in [0, 0.1) is 11.7 Å². The van der Waals surface area contributed by atoms with Gasteiger partial charge in [0.05, 0.1) is 19.8 Å². The third-order valence-electron chi connectivity index (χ3n) is 5.35. The van der Waals surface area contributed by atoms with Gasteiger partial charge in [-0.25, -0.2) is 4.39 Å². The second-order valence-corrected chi connectivity index (χ2v) is 7.09. The number of nitrogens with zero attached hydrogens (tertiary/aromatic N) is 1. The Kier molecular flexibility index (Phi) is 4.85. The van der Waals surface area contributed by atoms with Crippen molar-refractivity contribution in [2.24, 2.45) is 5.92 Å². The van der Waals surface area contributed by atoms with Crippen LogP contribution in [0.2, 0.25) is 0 Å². The van der Waals surface area contributed by atoms with Crippen molar-refractivity contribution in [2.75, 3.05) is 13.7 Å². The maximum atomic E-state index is 14.0. The number of carbonyl (C=O) groups is 1. The van der Waals surface area contributed by atoms with Crippen molar-refractivity contribution in [1.82, 2.24) is 4.90 Å². The first-order valence-corrected chi connectivity index (χ1v) is 9.07. The Morgan fingerprint density at radius 2 is 2.07 bits per heavy atom. The zero-order chi connectivity index (χ0) is 19.0. The molecule has 5 nitrogen and oxygen atoms in total. The van der Waals surface area contributed by atoms with Crippen molar-refractivity contribution in [3.63, 3.8) is 0 Å². The fourth-order valence-electron chi connectivity index (χ4n) is 3.81. The van der Waals surface area contributed by atoms with Crippen LogP contribution in [0.25, 0.3) is 0 Å². The van der Waals surface area contributed by atoms with E-state index < -0.39 is 12.2 Å². The first-order chi connectivity index (χ1) is 13.1. The largest absolute Gasteiger partial charge is 0.494 e. The number of rotatable bonds is 5. The Labute approximate surface area is 157 Å². The number of hydrogen-bond donors (Lipinski definition) is 1. The van der Waals surface area contributed by atoms with E-state index in [2.05, 4.69) is 0 Å². The topological polar surface area (TPSA) is 59.0 Å². The summed E-state index contributed by atoms with van der Waals surface area (Å²) in [5.74, 6) is -0.675. The number of aliphatic hydroxyl groups excluding tert-OH is 1. The molecule has 0 aromatic heterocycles. The molecular formula is C21H22FNO4. The van der Waals surface area contributed by atoms with Gasteiger partial charge in [-0.05, 0) is 42.0 Å². The van der Waals surface area contributed by atoms with E-state index >= 15 is 0 Å². The molecule has 0 bridgehead atoms. The van der Waals surface area contributed by atoms with Gasteiger partial charge < -0.3 is 14.6 Å². The average molecular weight is 371 g/mol. The normalized spacial score (nSPS) is 26.9. The number of ether oxygens (including phenoxy) is 2. The van der Waals surface area contributed by atoms with Crippen molar-refractivity contribution in [1.29, 1.82) is 0 Å². The molecular weight excluding hydrogens is 349 g/mol. The molecule has 1 aliphatic heterocycles. The smallest absolute Gasteiger partial charge is 0.240 e. The minimum atomic E-state index is -1.22. The van der Waals surface area contributed by atoms with Crippen LogP contribution in [0.4, 0.5) is 4.39 Å². The maximum Gasteiger partial charge on any atom is 0.240 e. The number of hydrogen-bond acceptors (Lipinski definition) is 4. The summed E-state index contributed by atoms with van der Waals surface area (Å²) in [5, 5.41) is 10.2. The Morgan fingerprint density at radius 1 is 1.30 bits per heavy atom. The first kappa shape index (κ1) is 17.9. The summed E-state index contributed by atoms with van der Waals surface area (Å²) in [6.07, 6.45) is 0.0458. The van der Waals surface area contributed by atoms with Crippen LogP contribution < -0.4 is 4.74 Å². The van der Waals surface area contributed by atoms with Gasteiger partial charge in [-0.15, -0.1) is 0 Å². The van der Waals surface area contributed by atoms with Gasteiger partial charge in [0.1, 0.15) is 0 Å². The van der Waals surface area contributed by atoms with Gasteiger partial charge in [-0.3, -0.25) is 9.69 Å². The summed E-state index contributed by atoms with van der Waals surface area (Å²) in [7, 11) is 1.42. The fraction of sp³-hybridized carbons (Fsp3) is 0.381. The van der Waals surface area contributed by atoms with E-state index in [4.69, 9.17) is 9.47 Å². The van der Waals surface area contributed by atoms with Crippen molar-refractivity contribution in [3.05, 3.63) is 65.5 Å². The molecule has 1 amide bonds. The average Bonchev–Trinajstić information content (AvgIpc) is 3.40. The van der Waals surface area contributed by atoms with E-state index in [0.29, 0.717) is 19.4 Å². The zero-order valence-electron chi connectivity index (χ0n) is 15.0. The number of carbonyl (C=O) groups excluding carboxylic acids is 1. The van der Waals surface area contributed by atoms with Crippen LogP contribution in [0.3, 0.4) is 0 Å². The molecule has 4 rings (SSSR count). The highest BCUT2D eigenvalue weighted by Crippen LogP contribution is 2.49. The number of aliphatic hydroxyl groups is 1. The molecule has 2 fully saturated rings. The van der Waals surface area contributed by atoms with E-state index in [1.165, 1.54) is 18.1 Å². The predicted molar refractivity (Wildman–Crippen MR) is 96.5 cm³/mol. The molecule has 2 aromatic rings. The molecule has 1 saturated heterocycles. The lowest BCUT2D eigenvalue weighted by Crippen LogP contribution is -2.44. The van der Waals surface area contributed by atoms with Gasteiger partial charge in [0.2, 0.25) is 12.3 Å². The Bertz CT molecular complexity index is 828. The van der Waals surface area contributed by atoms with Gasteiger partial charge >= 0.3 is 0 Å². The van der Waals surface area contributed by atoms with Gasteiger partial charge in [0.25, 0.3) is 0 Å². The standard InChI is InChI=1S/C21H22FNO4/c1-26-19-8-7-14(10-18(19)22)16-11-17(16)20(24)23-15(12-27-21(23)25)9-13-5-3-2-4-6-13/h2-8,10,15-17,21,25H,9,11-12H2,1H3/t15?,16?,17?,21-/m1/s1. The molecule has 3 unspecified atom stereocenters. The van der Waals surface area contributed by atoms with Crippen molar-refractivity contribution in [3.8, 4) is 5.75 Å². The van der Waals surface area contributed by atoms with E-state index in [1.807, 2.05) is 30.3 Å². The third-order valence-corrected chi connectivity index (χ3v) is 5.35. The predicted octanol–water partition coefficient (Wildman–Crippen LogP) is 2.68. The lowest BCUT2D eigenvalue weighted by atomic mass is 10.0. The van der Waals surface area contributed by atoms with Gasteiger partial charge in [-0.2, -0.15) is 0 Å². The lowest BCUT2D eigenvalue weighted by Gasteiger charge is -2.25. The van der Waals surface area contributed by atoms with Crippen LogP contribution in [0.15, 0.2) is 48.5 Å². The highest BCUT2D eigenvalue weighted by Gasteiger charge is 2.50. The number of halogens is 1. The third kappa shape index (κ3) is 3.55. The molecule has 0 spiro atoms. The second-order valence-electron chi connectivity index (χ2n) is 7.09. The van der Waals surface area contributed by atoms with Gasteiger partial charge in [-0.1, -0.05) is 36.4 Å². The number of amides is 1. The second kappa shape index (κ2) is 7.29.